The minimum atomic E-state index is -3.72. The van der Waals surface area contributed by atoms with Crippen LogP contribution < -0.4 is 10.0 Å². The first-order valence-corrected chi connectivity index (χ1v) is 12.4. The van der Waals surface area contributed by atoms with E-state index in [9.17, 15) is 13.2 Å². The summed E-state index contributed by atoms with van der Waals surface area (Å²) in [6, 6.07) is 15.9. The van der Waals surface area contributed by atoms with E-state index in [0.717, 1.165) is 30.6 Å². The van der Waals surface area contributed by atoms with E-state index in [2.05, 4.69) is 19.9 Å². The van der Waals surface area contributed by atoms with Gasteiger partial charge in [0.05, 0.1) is 5.52 Å². The van der Waals surface area contributed by atoms with Crippen molar-refractivity contribution in [2.75, 3.05) is 25.0 Å². The van der Waals surface area contributed by atoms with Crippen LogP contribution in [-0.4, -0.2) is 43.8 Å². The van der Waals surface area contributed by atoms with Crippen molar-refractivity contribution in [3.63, 3.8) is 0 Å². The standard InChI is InChI=1S/C24H28N4O3S/c29-23(13-17-28-15-2-1-3-16-28)27-21-11-9-19(10-12-21)18-26-32(30,31)22-8-4-6-20-7-5-14-25-24(20)22/h4-12,14,26H,1-3,13,15-18H2,(H,27,29). The summed E-state index contributed by atoms with van der Waals surface area (Å²) in [6.45, 7) is 3.09. The van der Waals surface area contributed by atoms with Gasteiger partial charge in [-0.2, -0.15) is 0 Å². The van der Waals surface area contributed by atoms with Crippen LogP contribution in [0.3, 0.4) is 0 Å². The van der Waals surface area contributed by atoms with Crippen molar-refractivity contribution in [2.45, 2.75) is 37.1 Å². The van der Waals surface area contributed by atoms with Gasteiger partial charge in [-0.05, 0) is 55.8 Å². The number of amides is 1. The number of nitrogens with zero attached hydrogens (tertiary/aromatic N) is 2. The van der Waals surface area contributed by atoms with Gasteiger partial charge in [0.1, 0.15) is 4.90 Å². The number of likely N-dealkylation sites (tertiary alicyclic amines) is 1. The molecule has 1 fully saturated rings. The van der Waals surface area contributed by atoms with Crippen LogP contribution in [0, 0.1) is 0 Å². The van der Waals surface area contributed by atoms with Crippen molar-refractivity contribution in [2.24, 2.45) is 0 Å². The van der Waals surface area contributed by atoms with Crippen LogP contribution >= 0.6 is 0 Å². The third kappa shape index (κ3) is 5.70. The Morgan fingerprint density at radius 3 is 2.50 bits per heavy atom. The summed E-state index contributed by atoms with van der Waals surface area (Å²) < 4.78 is 28.3. The average Bonchev–Trinajstić information content (AvgIpc) is 2.82. The first-order valence-electron chi connectivity index (χ1n) is 11.0. The van der Waals surface area contributed by atoms with E-state index in [4.69, 9.17) is 0 Å². The molecule has 0 atom stereocenters. The molecule has 2 N–H and O–H groups in total. The molecule has 1 amide bonds. The van der Waals surface area contributed by atoms with Gasteiger partial charge in [-0.25, -0.2) is 13.1 Å². The van der Waals surface area contributed by atoms with E-state index in [1.54, 1.807) is 36.5 Å². The number of fused-ring (bicyclic) bond motifs is 1. The third-order valence-corrected chi connectivity index (χ3v) is 7.13. The first-order chi connectivity index (χ1) is 15.5. The van der Waals surface area contributed by atoms with Crippen molar-refractivity contribution < 1.29 is 13.2 Å². The average molecular weight is 453 g/mol. The predicted molar refractivity (Wildman–Crippen MR) is 126 cm³/mol. The highest BCUT2D eigenvalue weighted by molar-refractivity contribution is 7.89. The monoisotopic (exact) mass is 452 g/mol. The molecule has 168 valence electrons. The highest BCUT2D eigenvalue weighted by Crippen LogP contribution is 2.21. The van der Waals surface area contributed by atoms with E-state index in [0.29, 0.717) is 17.6 Å². The summed E-state index contributed by atoms with van der Waals surface area (Å²) in [5.41, 5.74) is 1.96. The number of sulfonamides is 1. The van der Waals surface area contributed by atoms with Gasteiger partial charge < -0.3 is 10.2 Å². The van der Waals surface area contributed by atoms with Crippen LogP contribution in [-0.2, 0) is 21.4 Å². The number of anilines is 1. The number of pyridine rings is 1. The number of nitrogens with one attached hydrogen (secondary N) is 2. The largest absolute Gasteiger partial charge is 0.326 e. The summed E-state index contributed by atoms with van der Waals surface area (Å²) in [5.74, 6) is -0.00696. The molecule has 0 radical (unpaired) electrons. The fraction of sp³-hybridized carbons (Fsp3) is 0.333. The normalized spacial score (nSPS) is 15.0. The Bertz CT molecular complexity index is 1170. The lowest BCUT2D eigenvalue weighted by Crippen LogP contribution is -2.32. The number of hydrogen-bond donors (Lipinski definition) is 2. The molecule has 7 nitrogen and oxygen atoms in total. The Labute approximate surface area is 188 Å². The molecule has 0 spiro atoms. The summed E-state index contributed by atoms with van der Waals surface area (Å²) in [6.07, 6.45) is 5.76. The number of carbonyl (C=O) groups excluding carboxylic acids is 1. The van der Waals surface area contributed by atoms with Crippen LogP contribution in [0.1, 0.15) is 31.2 Å². The lowest BCUT2D eigenvalue weighted by atomic mass is 10.1. The van der Waals surface area contributed by atoms with Gasteiger partial charge in [-0.15, -0.1) is 0 Å². The Morgan fingerprint density at radius 2 is 1.72 bits per heavy atom. The zero-order valence-electron chi connectivity index (χ0n) is 18.0. The lowest BCUT2D eigenvalue weighted by Gasteiger charge is -2.25. The van der Waals surface area contributed by atoms with Gasteiger partial charge in [-0.1, -0.05) is 36.8 Å². The molecule has 1 aliphatic heterocycles. The number of piperidine rings is 1. The summed E-state index contributed by atoms with van der Waals surface area (Å²) in [4.78, 5) is 18.9. The molecule has 0 unspecified atom stereocenters. The van der Waals surface area contributed by atoms with Gasteiger partial charge in [0.15, 0.2) is 0 Å². The van der Waals surface area contributed by atoms with Crippen LogP contribution in [0.5, 0.6) is 0 Å². The number of para-hydroxylation sites is 1. The fourth-order valence-corrected chi connectivity index (χ4v) is 5.12. The van der Waals surface area contributed by atoms with Crippen molar-refractivity contribution >= 4 is 32.5 Å². The van der Waals surface area contributed by atoms with E-state index < -0.39 is 10.0 Å². The quantitative estimate of drug-likeness (QED) is 0.546. The third-order valence-electron chi connectivity index (χ3n) is 5.69. The fourth-order valence-electron chi connectivity index (χ4n) is 3.92. The molecule has 1 aliphatic rings. The predicted octanol–water partition coefficient (Wildman–Crippen LogP) is 3.53. The maximum Gasteiger partial charge on any atom is 0.243 e. The summed E-state index contributed by atoms with van der Waals surface area (Å²) in [7, 11) is -3.72. The Hall–Kier alpha value is -2.81. The lowest BCUT2D eigenvalue weighted by molar-refractivity contribution is -0.116. The molecule has 2 aromatic carbocycles. The molecule has 3 aromatic rings. The number of hydrogen-bond acceptors (Lipinski definition) is 5. The van der Waals surface area contributed by atoms with Gasteiger partial charge in [0.25, 0.3) is 0 Å². The van der Waals surface area contributed by atoms with Crippen LogP contribution in [0.4, 0.5) is 5.69 Å². The highest BCUT2D eigenvalue weighted by atomic mass is 32.2. The molecule has 32 heavy (non-hydrogen) atoms. The number of rotatable bonds is 8. The number of benzene rings is 2. The Kier molecular flexibility index (Phi) is 7.14. The molecule has 2 heterocycles. The van der Waals surface area contributed by atoms with Gasteiger partial charge in [0.2, 0.25) is 15.9 Å². The summed E-state index contributed by atoms with van der Waals surface area (Å²) in [5, 5.41) is 3.69. The Morgan fingerprint density at radius 1 is 0.969 bits per heavy atom. The highest BCUT2D eigenvalue weighted by Gasteiger charge is 2.18. The van der Waals surface area contributed by atoms with E-state index >= 15 is 0 Å². The molecular weight excluding hydrogens is 424 g/mol. The van der Waals surface area contributed by atoms with Gasteiger partial charge in [-0.3, -0.25) is 9.78 Å². The van der Waals surface area contributed by atoms with Crippen molar-refractivity contribution in [3.05, 3.63) is 66.4 Å². The van der Waals surface area contributed by atoms with Crippen LogP contribution in [0.2, 0.25) is 0 Å². The van der Waals surface area contributed by atoms with E-state index in [1.165, 1.54) is 19.3 Å². The topological polar surface area (TPSA) is 91.4 Å². The minimum absolute atomic E-state index is 0.00696. The zero-order valence-corrected chi connectivity index (χ0v) is 18.8. The van der Waals surface area contributed by atoms with E-state index in [1.807, 2.05) is 24.3 Å². The van der Waals surface area contributed by atoms with Crippen molar-refractivity contribution in [1.82, 2.24) is 14.6 Å². The second kappa shape index (κ2) is 10.2. The molecule has 8 heteroatoms. The zero-order chi connectivity index (χ0) is 22.4. The van der Waals surface area contributed by atoms with Crippen molar-refractivity contribution in [1.29, 1.82) is 0 Å². The first kappa shape index (κ1) is 22.4. The SMILES string of the molecule is O=C(CCN1CCCCC1)Nc1ccc(CNS(=O)(=O)c2cccc3cccnc23)cc1. The number of carbonyl (C=O) groups is 1. The molecule has 0 saturated carbocycles. The maximum atomic E-state index is 12.8. The van der Waals surface area contributed by atoms with Gasteiger partial charge in [0, 0.05) is 36.8 Å². The Balaban J connectivity index is 1.32. The smallest absolute Gasteiger partial charge is 0.243 e. The van der Waals surface area contributed by atoms with Crippen molar-refractivity contribution in [3.8, 4) is 0 Å². The number of aromatic nitrogens is 1. The van der Waals surface area contributed by atoms with Crippen LogP contribution in [0.15, 0.2) is 65.7 Å². The molecule has 1 saturated heterocycles. The van der Waals surface area contributed by atoms with E-state index in [-0.39, 0.29) is 17.3 Å². The minimum Gasteiger partial charge on any atom is -0.326 e. The second-order valence-electron chi connectivity index (χ2n) is 8.05. The second-order valence-corrected chi connectivity index (χ2v) is 9.79. The van der Waals surface area contributed by atoms with Gasteiger partial charge >= 0.3 is 0 Å². The summed E-state index contributed by atoms with van der Waals surface area (Å²) >= 11 is 0. The molecule has 0 aliphatic carbocycles. The molecule has 1 aromatic heterocycles. The van der Waals surface area contributed by atoms with Crippen LogP contribution in [0.25, 0.3) is 10.9 Å². The molecule has 4 rings (SSSR count). The molecule has 0 bridgehead atoms. The maximum absolute atomic E-state index is 12.8. The molecular formula is C24H28N4O3S.